The number of carbonyl (C=O) groups is 2. The normalized spacial score (nSPS) is 10.6. The van der Waals surface area contributed by atoms with E-state index in [1.807, 2.05) is 7.05 Å². The van der Waals surface area contributed by atoms with Gasteiger partial charge in [0.15, 0.2) is 6.61 Å². The number of nitrogens with one attached hydrogen (secondary N) is 1. The van der Waals surface area contributed by atoms with Gasteiger partial charge in [0, 0.05) is 12.1 Å². The van der Waals surface area contributed by atoms with Crippen LogP contribution in [0.4, 0.5) is 5.82 Å². The van der Waals surface area contributed by atoms with Crippen molar-refractivity contribution in [2.24, 2.45) is 0 Å². The number of ketones is 1. The Kier molecular flexibility index (Phi) is 5.94. The Hall–Kier alpha value is -2.38. The van der Waals surface area contributed by atoms with Crippen LogP contribution in [-0.2, 0) is 11.3 Å². The molecule has 0 aliphatic carbocycles. The lowest BCUT2D eigenvalue weighted by molar-refractivity contribution is 0.0475. The highest BCUT2D eigenvalue weighted by molar-refractivity contribution is 6.34. The van der Waals surface area contributed by atoms with E-state index in [0.717, 1.165) is 0 Å². The molecule has 0 amide bonds. The average molecular weight is 351 g/mol. The molecule has 0 aliphatic heterocycles. The Morgan fingerprint density at radius 3 is 2.75 bits per heavy atom. The molecule has 0 aliphatic rings. The van der Waals surface area contributed by atoms with Gasteiger partial charge in [-0.15, -0.1) is 0 Å². The highest BCUT2D eigenvalue weighted by atomic mass is 35.5. The Balaban J connectivity index is 2.06. The SMILES string of the molecule is CNCCn1nc(C)c(C(=O)OCC(=O)c2ccccc2Cl)c1N. The number of halogens is 1. The molecule has 0 fully saturated rings. The molecular weight excluding hydrogens is 332 g/mol. The van der Waals surface area contributed by atoms with Crippen LogP contribution < -0.4 is 11.1 Å². The van der Waals surface area contributed by atoms with Gasteiger partial charge in [0.2, 0.25) is 5.78 Å². The number of nitrogen functional groups attached to an aromatic ring is 1. The van der Waals surface area contributed by atoms with Crippen LogP contribution in [0, 0.1) is 6.92 Å². The largest absolute Gasteiger partial charge is 0.454 e. The van der Waals surface area contributed by atoms with Crippen LogP contribution in [0.2, 0.25) is 5.02 Å². The van der Waals surface area contributed by atoms with Gasteiger partial charge in [0.05, 0.1) is 17.3 Å². The van der Waals surface area contributed by atoms with E-state index in [1.54, 1.807) is 31.2 Å². The second-order valence-corrected chi connectivity index (χ2v) is 5.56. The van der Waals surface area contributed by atoms with Gasteiger partial charge in [-0.3, -0.25) is 4.79 Å². The number of likely N-dealkylation sites (N-methyl/N-ethyl adjacent to an activating group) is 1. The van der Waals surface area contributed by atoms with Gasteiger partial charge in [-0.25, -0.2) is 9.48 Å². The summed E-state index contributed by atoms with van der Waals surface area (Å²) in [6.45, 7) is 2.43. The number of hydrogen-bond donors (Lipinski definition) is 2. The Morgan fingerprint density at radius 1 is 1.38 bits per heavy atom. The molecule has 0 radical (unpaired) electrons. The molecule has 128 valence electrons. The van der Waals surface area contributed by atoms with Crippen molar-refractivity contribution in [3.05, 3.63) is 46.1 Å². The van der Waals surface area contributed by atoms with Gasteiger partial charge in [-0.05, 0) is 26.1 Å². The molecular formula is C16H19ClN4O3. The minimum Gasteiger partial charge on any atom is -0.454 e. The molecule has 8 heteroatoms. The second-order valence-electron chi connectivity index (χ2n) is 5.15. The number of esters is 1. The molecule has 0 saturated heterocycles. The summed E-state index contributed by atoms with van der Waals surface area (Å²) in [5, 5.41) is 7.50. The number of nitrogens with zero attached hydrogens (tertiary/aromatic N) is 2. The van der Waals surface area contributed by atoms with Crippen LogP contribution in [0.25, 0.3) is 0 Å². The molecule has 0 bridgehead atoms. The lowest BCUT2D eigenvalue weighted by Crippen LogP contribution is -2.18. The molecule has 2 rings (SSSR count). The molecule has 0 spiro atoms. The fourth-order valence-electron chi connectivity index (χ4n) is 2.21. The molecule has 1 aromatic carbocycles. The van der Waals surface area contributed by atoms with Crippen molar-refractivity contribution in [2.45, 2.75) is 13.5 Å². The zero-order valence-corrected chi connectivity index (χ0v) is 14.3. The van der Waals surface area contributed by atoms with E-state index in [1.165, 1.54) is 4.68 Å². The summed E-state index contributed by atoms with van der Waals surface area (Å²) in [5.74, 6) is -0.841. The molecule has 1 heterocycles. The summed E-state index contributed by atoms with van der Waals surface area (Å²) in [6.07, 6.45) is 0. The number of ether oxygens (including phenoxy) is 1. The number of Topliss-reactive ketones (excluding diaryl/α,β-unsaturated/α-hetero) is 1. The maximum absolute atomic E-state index is 12.2. The first-order valence-electron chi connectivity index (χ1n) is 7.38. The number of aromatic nitrogens is 2. The van der Waals surface area contributed by atoms with Crippen LogP contribution in [0.3, 0.4) is 0 Å². The molecule has 3 N–H and O–H groups in total. The molecule has 0 atom stereocenters. The lowest BCUT2D eigenvalue weighted by atomic mass is 10.1. The minimum absolute atomic E-state index is 0.179. The van der Waals surface area contributed by atoms with Crippen molar-refractivity contribution >= 4 is 29.2 Å². The first kappa shape index (κ1) is 18.0. The first-order valence-corrected chi connectivity index (χ1v) is 7.75. The van der Waals surface area contributed by atoms with Crippen molar-refractivity contribution in [3.63, 3.8) is 0 Å². The molecule has 0 saturated carbocycles. The average Bonchev–Trinajstić information content (AvgIpc) is 2.84. The number of anilines is 1. The number of carbonyl (C=O) groups excluding carboxylic acids is 2. The van der Waals surface area contributed by atoms with Gasteiger partial charge in [0.1, 0.15) is 11.4 Å². The van der Waals surface area contributed by atoms with E-state index >= 15 is 0 Å². The zero-order valence-electron chi connectivity index (χ0n) is 13.5. The van der Waals surface area contributed by atoms with Crippen molar-refractivity contribution in [3.8, 4) is 0 Å². The van der Waals surface area contributed by atoms with Crippen molar-refractivity contribution in [1.82, 2.24) is 15.1 Å². The molecule has 24 heavy (non-hydrogen) atoms. The van der Waals surface area contributed by atoms with Crippen LogP contribution in [0.15, 0.2) is 24.3 Å². The van der Waals surface area contributed by atoms with Crippen LogP contribution in [-0.4, -0.2) is 41.7 Å². The highest BCUT2D eigenvalue weighted by Crippen LogP contribution is 2.19. The van der Waals surface area contributed by atoms with Crippen LogP contribution in [0.5, 0.6) is 0 Å². The predicted molar refractivity (Wildman–Crippen MR) is 91.4 cm³/mol. The molecule has 2 aromatic rings. The minimum atomic E-state index is -0.680. The predicted octanol–water partition coefficient (Wildman–Crippen LogP) is 1.69. The van der Waals surface area contributed by atoms with E-state index in [0.29, 0.717) is 29.4 Å². The fraction of sp³-hybridized carbons (Fsp3) is 0.312. The summed E-state index contributed by atoms with van der Waals surface area (Å²) in [4.78, 5) is 24.3. The Labute approximate surface area is 144 Å². The van der Waals surface area contributed by atoms with Crippen molar-refractivity contribution < 1.29 is 14.3 Å². The quantitative estimate of drug-likeness (QED) is 0.582. The summed E-state index contributed by atoms with van der Waals surface area (Å²) >= 11 is 5.95. The van der Waals surface area contributed by atoms with Gasteiger partial charge < -0.3 is 15.8 Å². The third-order valence-electron chi connectivity index (χ3n) is 3.45. The summed E-state index contributed by atoms with van der Waals surface area (Å²) in [7, 11) is 1.81. The van der Waals surface area contributed by atoms with Crippen LogP contribution >= 0.6 is 11.6 Å². The van der Waals surface area contributed by atoms with Gasteiger partial charge in [-0.2, -0.15) is 5.10 Å². The zero-order chi connectivity index (χ0) is 17.7. The number of rotatable bonds is 7. The fourth-order valence-corrected chi connectivity index (χ4v) is 2.45. The Bertz CT molecular complexity index is 758. The molecule has 7 nitrogen and oxygen atoms in total. The smallest absolute Gasteiger partial charge is 0.344 e. The third kappa shape index (κ3) is 3.93. The van der Waals surface area contributed by atoms with Gasteiger partial charge >= 0.3 is 5.97 Å². The standard InChI is InChI=1S/C16H19ClN4O3/c1-10-14(15(18)21(20-10)8-7-19-2)16(23)24-9-13(22)11-5-3-4-6-12(11)17/h3-6,19H,7-9,18H2,1-2H3. The monoisotopic (exact) mass is 350 g/mol. The maximum Gasteiger partial charge on any atom is 0.344 e. The van der Waals surface area contributed by atoms with Crippen molar-refractivity contribution in [2.75, 3.05) is 25.9 Å². The number of aryl methyl sites for hydroxylation is 1. The number of hydrogen-bond acceptors (Lipinski definition) is 6. The van der Waals surface area contributed by atoms with E-state index in [2.05, 4.69) is 10.4 Å². The summed E-state index contributed by atoms with van der Waals surface area (Å²) in [6, 6.07) is 6.59. The van der Waals surface area contributed by atoms with Gasteiger partial charge in [-0.1, -0.05) is 23.7 Å². The first-order chi connectivity index (χ1) is 11.5. The summed E-state index contributed by atoms with van der Waals surface area (Å²) in [5.41, 5.74) is 6.90. The second kappa shape index (κ2) is 7.94. The van der Waals surface area contributed by atoms with Gasteiger partial charge in [0.25, 0.3) is 0 Å². The number of benzene rings is 1. The van der Waals surface area contributed by atoms with Crippen molar-refractivity contribution in [1.29, 1.82) is 0 Å². The lowest BCUT2D eigenvalue weighted by Gasteiger charge is -2.06. The van der Waals surface area contributed by atoms with E-state index in [4.69, 9.17) is 22.1 Å². The third-order valence-corrected chi connectivity index (χ3v) is 3.78. The maximum atomic E-state index is 12.2. The highest BCUT2D eigenvalue weighted by Gasteiger charge is 2.22. The summed E-state index contributed by atoms with van der Waals surface area (Å²) < 4.78 is 6.61. The van der Waals surface area contributed by atoms with Crippen LogP contribution in [0.1, 0.15) is 26.4 Å². The number of nitrogens with two attached hydrogens (primary N) is 1. The molecule has 0 unspecified atom stereocenters. The van der Waals surface area contributed by atoms with E-state index < -0.39 is 12.6 Å². The topological polar surface area (TPSA) is 99.2 Å². The molecule has 1 aromatic heterocycles. The van der Waals surface area contributed by atoms with E-state index in [9.17, 15) is 9.59 Å². The Morgan fingerprint density at radius 2 is 2.08 bits per heavy atom. The van der Waals surface area contributed by atoms with E-state index in [-0.39, 0.29) is 17.2 Å².